The second kappa shape index (κ2) is 6.35. The summed E-state index contributed by atoms with van der Waals surface area (Å²) in [5.41, 5.74) is 0.509. The highest BCUT2D eigenvalue weighted by Crippen LogP contribution is 2.28. The van der Waals surface area contributed by atoms with Crippen LogP contribution in [0.15, 0.2) is 24.3 Å². The van der Waals surface area contributed by atoms with Crippen LogP contribution >= 0.6 is 0 Å². The molecule has 0 bridgehead atoms. The van der Waals surface area contributed by atoms with Gasteiger partial charge in [0.05, 0.1) is 5.41 Å². The molecule has 0 aliphatic carbocycles. The van der Waals surface area contributed by atoms with Crippen LogP contribution in [-0.4, -0.2) is 30.4 Å². The van der Waals surface area contributed by atoms with Crippen LogP contribution in [0.2, 0.25) is 0 Å². The lowest BCUT2D eigenvalue weighted by Crippen LogP contribution is -2.50. The Hall–Kier alpha value is -1.42. The molecule has 3 nitrogen and oxygen atoms in total. The lowest BCUT2D eigenvalue weighted by molar-refractivity contribution is -0.142. The second-order valence-electron chi connectivity index (χ2n) is 5.79. The van der Waals surface area contributed by atoms with Crippen molar-refractivity contribution in [1.29, 1.82) is 0 Å². The van der Waals surface area contributed by atoms with E-state index in [2.05, 4.69) is 5.32 Å². The van der Waals surface area contributed by atoms with Gasteiger partial charge in [-0.05, 0) is 50.9 Å². The molecule has 4 heteroatoms. The maximum atomic E-state index is 13.2. The number of piperidine rings is 1. The molecule has 1 heterocycles. The van der Waals surface area contributed by atoms with E-state index in [4.69, 9.17) is 0 Å². The Bertz CT molecular complexity index is 469. The summed E-state index contributed by atoms with van der Waals surface area (Å²) >= 11 is 0. The SMILES string of the molecule is CCN(Cc1cccc(F)c1)C(=O)C1(C)CCCNC1. The van der Waals surface area contributed by atoms with Crippen molar-refractivity contribution in [3.8, 4) is 0 Å². The van der Waals surface area contributed by atoms with Gasteiger partial charge in [0.25, 0.3) is 0 Å². The highest BCUT2D eigenvalue weighted by atomic mass is 19.1. The van der Waals surface area contributed by atoms with E-state index >= 15 is 0 Å². The van der Waals surface area contributed by atoms with E-state index < -0.39 is 0 Å². The number of amides is 1. The first kappa shape index (κ1) is 15.0. The summed E-state index contributed by atoms with van der Waals surface area (Å²) in [6.45, 7) is 6.82. The summed E-state index contributed by atoms with van der Waals surface area (Å²) in [6, 6.07) is 6.47. The van der Waals surface area contributed by atoms with Crippen LogP contribution < -0.4 is 5.32 Å². The van der Waals surface area contributed by atoms with Gasteiger partial charge in [0, 0.05) is 19.6 Å². The molecule has 0 spiro atoms. The number of hydrogen-bond acceptors (Lipinski definition) is 2. The van der Waals surface area contributed by atoms with Gasteiger partial charge in [-0.15, -0.1) is 0 Å². The molecule has 0 saturated carbocycles. The van der Waals surface area contributed by atoms with Gasteiger partial charge in [-0.2, -0.15) is 0 Å². The topological polar surface area (TPSA) is 32.3 Å². The summed E-state index contributed by atoms with van der Waals surface area (Å²) in [7, 11) is 0. The molecule has 1 aliphatic rings. The van der Waals surface area contributed by atoms with Crippen LogP contribution in [0.5, 0.6) is 0 Å². The molecule has 1 fully saturated rings. The van der Waals surface area contributed by atoms with Crippen molar-refractivity contribution in [3.63, 3.8) is 0 Å². The molecule has 20 heavy (non-hydrogen) atoms. The zero-order chi connectivity index (χ0) is 14.6. The highest BCUT2D eigenvalue weighted by Gasteiger charge is 2.37. The van der Waals surface area contributed by atoms with Gasteiger partial charge in [0.1, 0.15) is 5.82 Å². The first-order valence-electron chi connectivity index (χ1n) is 7.30. The molecule has 1 aromatic rings. The maximum absolute atomic E-state index is 13.2. The van der Waals surface area contributed by atoms with Crippen molar-refractivity contribution in [3.05, 3.63) is 35.6 Å². The number of carbonyl (C=O) groups excluding carboxylic acids is 1. The number of rotatable bonds is 4. The van der Waals surface area contributed by atoms with Gasteiger partial charge in [0.2, 0.25) is 5.91 Å². The first-order valence-corrected chi connectivity index (χ1v) is 7.30. The van der Waals surface area contributed by atoms with Crippen molar-refractivity contribution in [2.75, 3.05) is 19.6 Å². The zero-order valence-corrected chi connectivity index (χ0v) is 12.3. The number of nitrogens with one attached hydrogen (secondary N) is 1. The Morgan fingerprint density at radius 1 is 1.50 bits per heavy atom. The summed E-state index contributed by atoms with van der Waals surface area (Å²) in [5.74, 6) is -0.0898. The summed E-state index contributed by atoms with van der Waals surface area (Å²) in [4.78, 5) is 14.6. The van der Waals surface area contributed by atoms with Gasteiger partial charge < -0.3 is 10.2 Å². The van der Waals surface area contributed by atoms with Gasteiger partial charge in [0.15, 0.2) is 0 Å². The van der Waals surface area contributed by atoms with Crippen LogP contribution in [0, 0.1) is 11.2 Å². The molecular weight excluding hydrogens is 255 g/mol. The quantitative estimate of drug-likeness (QED) is 0.918. The fourth-order valence-corrected chi connectivity index (χ4v) is 2.80. The average Bonchev–Trinajstić information content (AvgIpc) is 2.45. The van der Waals surface area contributed by atoms with E-state index in [9.17, 15) is 9.18 Å². The molecule has 1 aromatic carbocycles. The standard InChI is InChI=1S/C16H23FN2O/c1-3-19(11-13-6-4-7-14(17)10-13)15(20)16(2)8-5-9-18-12-16/h4,6-7,10,18H,3,5,8-9,11-12H2,1-2H3. The Kier molecular flexibility index (Phi) is 4.76. The lowest BCUT2D eigenvalue weighted by Gasteiger charge is -2.37. The van der Waals surface area contributed by atoms with E-state index in [1.54, 1.807) is 6.07 Å². The van der Waals surface area contributed by atoms with Gasteiger partial charge in [-0.25, -0.2) is 4.39 Å². The molecule has 1 N–H and O–H groups in total. The Morgan fingerprint density at radius 3 is 2.90 bits per heavy atom. The highest BCUT2D eigenvalue weighted by molar-refractivity contribution is 5.82. The number of nitrogens with zero attached hydrogens (tertiary/aromatic N) is 1. The molecule has 1 atom stereocenters. The summed E-state index contributed by atoms with van der Waals surface area (Å²) in [6.07, 6.45) is 1.94. The average molecular weight is 278 g/mol. The second-order valence-corrected chi connectivity index (χ2v) is 5.79. The molecule has 1 amide bonds. The van der Waals surface area contributed by atoms with E-state index in [-0.39, 0.29) is 17.1 Å². The Morgan fingerprint density at radius 2 is 2.30 bits per heavy atom. The van der Waals surface area contributed by atoms with E-state index in [0.717, 1.165) is 31.5 Å². The Labute approximate surface area is 120 Å². The monoisotopic (exact) mass is 278 g/mol. The third kappa shape index (κ3) is 3.37. The first-order chi connectivity index (χ1) is 9.55. The lowest BCUT2D eigenvalue weighted by atomic mass is 9.81. The van der Waals surface area contributed by atoms with Crippen molar-refractivity contribution in [2.45, 2.75) is 33.2 Å². The summed E-state index contributed by atoms with van der Waals surface area (Å²) in [5, 5.41) is 3.30. The molecule has 1 aliphatic heterocycles. The molecule has 2 rings (SSSR count). The minimum absolute atomic E-state index is 0.163. The summed E-state index contributed by atoms with van der Waals surface area (Å²) < 4.78 is 13.2. The van der Waals surface area contributed by atoms with Crippen LogP contribution in [0.1, 0.15) is 32.3 Å². The predicted octanol–water partition coefficient (Wildman–Crippen LogP) is 2.56. The van der Waals surface area contributed by atoms with Crippen LogP contribution in [-0.2, 0) is 11.3 Å². The van der Waals surface area contributed by atoms with Gasteiger partial charge in [-0.3, -0.25) is 4.79 Å². The molecular formula is C16H23FN2O. The predicted molar refractivity (Wildman–Crippen MR) is 77.7 cm³/mol. The third-order valence-corrected chi connectivity index (χ3v) is 4.04. The normalized spacial score (nSPS) is 22.6. The Balaban J connectivity index is 2.09. The van der Waals surface area contributed by atoms with Gasteiger partial charge >= 0.3 is 0 Å². The third-order valence-electron chi connectivity index (χ3n) is 4.04. The molecule has 0 radical (unpaired) electrons. The molecule has 110 valence electrons. The van der Waals surface area contributed by atoms with Crippen molar-refractivity contribution in [1.82, 2.24) is 10.2 Å². The molecule has 1 saturated heterocycles. The minimum Gasteiger partial charge on any atom is -0.338 e. The van der Waals surface area contributed by atoms with Crippen LogP contribution in [0.25, 0.3) is 0 Å². The fourth-order valence-electron chi connectivity index (χ4n) is 2.80. The van der Waals surface area contributed by atoms with Crippen molar-refractivity contribution < 1.29 is 9.18 Å². The largest absolute Gasteiger partial charge is 0.338 e. The fraction of sp³-hybridized carbons (Fsp3) is 0.562. The van der Waals surface area contributed by atoms with Crippen LogP contribution in [0.3, 0.4) is 0 Å². The number of hydrogen-bond donors (Lipinski definition) is 1. The van der Waals surface area contributed by atoms with E-state index in [1.807, 2.05) is 24.8 Å². The van der Waals surface area contributed by atoms with Crippen LogP contribution in [0.4, 0.5) is 4.39 Å². The molecule has 0 aromatic heterocycles. The smallest absolute Gasteiger partial charge is 0.230 e. The van der Waals surface area contributed by atoms with Gasteiger partial charge in [-0.1, -0.05) is 12.1 Å². The number of benzene rings is 1. The van der Waals surface area contributed by atoms with Crippen molar-refractivity contribution in [2.24, 2.45) is 5.41 Å². The zero-order valence-electron chi connectivity index (χ0n) is 12.3. The van der Waals surface area contributed by atoms with E-state index in [0.29, 0.717) is 13.1 Å². The minimum atomic E-state index is -0.332. The number of carbonyl (C=O) groups is 1. The van der Waals surface area contributed by atoms with E-state index in [1.165, 1.54) is 12.1 Å². The maximum Gasteiger partial charge on any atom is 0.230 e. The van der Waals surface area contributed by atoms with Crippen molar-refractivity contribution >= 4 is 5.91 Å². The molecule has 1 unspecified atom stereocenters. The number of halogens is 1.